The summed E-state index contributed by atoms with van der Waals surface area (Å²) < 4.78 is 0. The number of thioether (sulfide) groups is 1. The minimum absolute atomic E-state index is 0.201. The number of rotatable bonds is 5. The zero-order valence-corrected chi connectivity index (χ0v) is 22.8. The molecule has 1 atom stereocenters. The predicted molar refractivity (Wildman–Crippen MR) is 157 cm³/mol. The maximum atomic E-state index is 13.6. The first kappa shape index (κ1) is 26.2. The second kappa shape index (κ2) is 11.5. The fraction of sp³-hybridized carbons (Fsp3) is 0.179. The van der Waals surface area contributed by atoms with E-state index in [0.29, 0.717) is 38.4 Å². The fourth-order valence-corrected chi connectivity index (χ4v) is 5.80. The second-order valence-electron chi connectivity index (χ2n) is 8.85. The molecule has 0 spiro atoms. The Bertz CT molecular complexity index is 1440. The summed E-state index contributed by atoms with van der Waals surface area (Å²) in [6.45, 7) is 2.65. The van der Waals surface area contributed by atoms with E-state index in [9.17, 15) is 9.59 Å². The van der Waals surface area contributed by atoms with Gasteiger partial charge in [0.1, 0.15) is 0 Å². The standard InChI is InChI=1S/C28H25Cl2N5O2S/c1-17-24(26(36)32-19-8-3-2-4-9-19)25(35-13-6-14-38-28(35)31-17)18-7-5-10-20(15-18)33-27(37)34-21-11-12-22(29)23(30)16-21/h2-5,7-12,15-16,25H,6,13-14H2,1H3,(H,32,36)(H2,33,34,37). The zero-order chi connectivity index (χ0) is 26.6. The third kappa shape index (κ3) is 5.83. The molecule has 7 nitrogen and oxygen atoms in total. The monoisotopic (exact) mass is 565 g/mol. The first-order valence-corrected chi connectivity index (χ1v) is 13.8. The van der Waals surface area contributed by atoms with Gasteiger partial charge in [-0.15, -0.1) is 0 Å². The number of carbonyl (C=O) groups is 2. The van der Waals surface area contributed by atoms with Crippen LogP contribution in [-0.4, -0.2) is 34.3 Å². The highest BCUT2D eigenvalue weighted by atomic mass is 35.5. The molecule has 3 aromatic rings. The molecule has 2 aliphatic heterocycles. The Morgan fingerprint density at radius 3 is 2.39 bits per heavy atom. The molecule has 194 valence electrons. The van der Waals surface area contributed by atoms with E-state index in [-0.39, 0.29) is 11.9 Å². The molecule has 1 fully saturated rings. The number of carbonyl (C=O) groups excluding carboxylic acids is 2. The van der Waals surface area contributed by atoms with E-state index in [1.165, 1.54) is 0 Å². The molecular weight excluding hydrogens is 541 g/mol. The normalized spacial score (nSPS) is 16.9. The largest absolute Gasteiger partial charge is 0.340 e. The summed E-state index contributed by atoms with van der Waals surface area (Å²) in [6, 6.07) is 21.0. The summed E-state index contributed by atoms with van der Waals surface area (Å²) in [7, 11) is 0. The Balaban J connectivity index is 1.42. The topological polar surface area (TPSA) is 85.8 Å². The maximum absolute atomic E-state index is 13.6. The lowest BCUT2D eigenvalue weighted by Gasteiger charge is -2.41. The number of hydrogen-bond donors (Lipinski definition) is 3. The van der Waals surface area contributed by atoms with Crippen molar-refractivity contribution in [2.75, 3.05) is 28.2 Å². The van der Waals surface area contributed by atoms with E-state index in [2.05, 4.69) is 20.9 Å². The van der Waals surface area contributed by atoms with Crippen LogP contribution in [0.4, 0.5) is 21.9 Å². The second-order valence-corrected chi connectivity index (χ2v) is 10.7. The molecule has 0 radical (unpaired) electrons. The third-order valence-corrected chi connectivity index (χ3v) is 7.99. The number of allylic oxidation sites excluding steroid dienone is 1. The summed E-state index contributed by atoms with van der Waals surface area (Å²) in [5.74, 6) is 0.782. The van der Waals surface area contributed by atoms with Crippen LogP contribution < -0.4 is 16.0 Å². The molecule has 3 amide bonds. The van der Waals surface area contributed by atoms with Crippen molar-refractivity contribution in [1.82, 2.24) is 4.90 Å². The Morgan fingerprint density at radius 1 is 0.895 bits per heavy atom. The van der Waals surface area contributed by atoms with Crippen LogP contribution in [0.5, 0.6) is 0 Å². The van der Waals surface area contributed by atoms with Crippen molar-refractivity contribution in [1.29, 1.82) is 0 Å². The summed E-state index contributed by atoms with van der Waals surface area (Å²) in [5, 5.41) is 10.3. The quantitative estimate of drug-likeness (QED) is 0.301. The minimum atomic E-state index is -0.422. The summed E-state index contributed by atoms with van der Waals surface area (Å²) >= 11 is 13.7. The lowest BCUT2D eigenvalue weighted by Crippen LogP contribution is -2.43. The number of urea groups is 1. The van der Waals surface area contributed by atoms with Crippen molar-refractivity contribution in [3.8, 4) is 0 Å². The smallest absolute Gasteiger partial charge is 0.323 e. The van der Waals surface area contributed by atoms with Gasteiger partial charge in [-0.2, -0.15) is 0 Å². The number of amidine groups is 1. The van der Waals surface area contributed by atoms with Crippen LogP contribution in [0.2, 0.25) is 10.0 Å². The van der Waals surface area contributed by atoms with Crippen molar-refractivity contribution < 1.29 is 9.59 Å². The number of aliphatic imine (C=N–C) groups is 1. The molecule has 0 saturated carbocycles. The number of hydrogen-bond acceptors (Lipinski definition) is 5. The maximum Gasteiger partial charge on any atom is 0.323 e. The van der Waals surface area contributed by atoms with Gasteiger partial charge in [0.15, 0.2) is 5.17 Å². The molecule has 2 heterocycles. The van der Waals surface area contributed by atoms with Gasteiger partial charge in [-0.1, -0.05) is 65.3 Å². The number of amides is 3. The molecule has 3 aromatic carbocycles. The van der Waals surface area contributed by atoms with Gasteiger partial charge in [-0.25, -0.2) is 9.79 Å². The van der Waals surface area contributed by atoms with Gasteiger partial charge in [-0.05, 0) is 61.4 Å². The van der Waals surface area contributed by atoms with E-state index < -0.39 is 6.03 Å². The first-order chi connectivity index (χ1) is 18.4. The van der Waals surface area contributed by atoms with Crippen LogP contribution in [0, 0.1) is 0 Å². The number of benzene rings is 3. The van der Waals surface area contributed by atoms with Crippen LogP contribution in [0.1, 0.15) is 24.9 Å². The van der Waals surface area contributed by atoms with Crippen molar-refractivity contribution in [3.05, 3.63) is 99.7 Å². The number of fused-ring (bicyclic) bond motifs is 1. The molecule has 0 aliphatic carbocycles. The predicted octanol–water partition coefficient (Wildman–Crippen LogP) is 7.40. The van der Waals surface area contributed by atoms with Crippen LogP contribution in [-0.2, 0) is 4.79 Å². The van der Waals surface area contributed by atoms with Crippen LogP contribution in [0.25, 0.3) is 0 Å². The molecule has 3 N–H and O–H groups in total. The molecule has 5 rings (SSSR count). The highest BCUT2D eigenvalue weighted by Crippen LogP contribution is 2.40. The Labute approximate surface area is 235 Å². The lowest BCUT2D eigenvalue weighted by atomic mass is 9.93. The van der Waals surface area contributed by atoms with Gasteiger partial charge >= 0.3 is 6.03 Å². The van der Waals surface area contributed by atoms with E-state index in [0.717, 1.165) is 29.4 Å². The van der Waals surface area contributed by atoms with Gasteiger partial charge in [0, 0.05) is 29.4 Å². The molecule has 0 bridgehead atoms. The van der Waals surface area contributed by atoms with Crippen molar-refractivity contribution in [2.24, 2.45) is 4.99 Å². The number of anilines is 3. The first-order valence-electron chi connectivity index (χ1n) is 12.1. The summed E-state index contributed by atoms with van der Waals surface area (Å²) in [6.07, 6.45) is 0.983. The average Bonchev–Trinajstić information content (AvgIpc) is 2.90. The van der Waals surface area contributed by atoms with Gasteiger partial charge in [0.05, 0.1) is 27.4 Å². The highest BCUT2D eigenvalue weighted by molar-refractivity contribution is 8.13. The van der Waals surface area contributed by atoms with E-state index >= 15 is 0 Å². The van der Waals surface area contributed by atoms with Gasteiger partial charge in [0.2, 0.25) is 0 Å². The Hall–Kier alpha value is -3.46. The molecular formula is C28H25Cl2N5O2S. The molecule has 1 unspecified atom stereocenters. The third-order valence-electron chi connectivity index (χ3n) is 6.17. The molecule has 38 heavy (non-hydrogen) atoms. The molecule has 1 saturated heterocycles. The van der Waals surface area contributed by atoms with Crippen molar-refractivity contribution >= 4 is 69.1 Å². The average molecular weight is 567 g/mol. The van der Waals surface area contributed by atoms with E-state index in [1.807, 2.05) is 55.5 Å². The molecule has 0 aromatic heterocycles. The van der Waals surface area contributed by atoms with Crippen molar-refractivity contribution in [2.45, 2.75) is 19.4 Å². The number of para-hydroxylation sites is 1. The molecule has 2 aliphatic rings. The highest BCUT2D eigenvalue weighted by Gasteiger charge is 2.37. The number of halogens is 2. The SMILES string of the molecule is CC1=C(C(=O)Nc2ccccc2)C(c2cccc(NC(=O)Nc3ccc(Cl)c(Cl)c3)c2)N2CCCSC2=N1. The Kier molecular flexibility index (Phi) is 7.93. The summed E-state index contributed by atoms with van der Waals surface area (Å²) in [4.78, 5) is 33.3. The van der Waals surface area contributed by atoms with Gasteiger partial charge in [0.25, 0.3) is 5.91 Å². The summed E-state index contributed by atoms with van der Waals surface area (Å²) in [5.41, 5.74) is 3.97. The van der Waals surface area contributed by atoms with Gasteiger partial charge < -0.3 is 20.9 Å². The van der Waals surface area contributed by atoms with Crippen LogP contribution >= 0.6 is 35.0 Å². The van der Waals surface area contributed by atoms with Crippen LogP contribution in [0.15, 0.2) is 89.1 Å². The lowest BCUT2D eigenvalue weighted by molar-refractivity contribution is -0.113. The Morgan fingerprint density at radius 2 is 1.63 bits per heavy atom. The number of nitrogens with zero attached hydrogens (tertiary/aromatic N) is 2. The number of nitrogens with one attached hydrogen (secondary N) is 3. The minimum Gasteiger partial charge on any atom is -0.340 e. The van der Waals surface area contributed by atoms with Crippen LogP contribution in [0.3, 0.4) is 0 Å². The van der Waals surface area contributed by atoms with Gasteiger partial charge in [-0.3, -0.25) is 4.79 Å². The molecule has 10 heteroatoms. The van der Waals surface area contributed by atoms with E-state index in [1.54, 1.807) is 36.0 Å². The van der Waals surface area contributed by atoms with Crippen molar-refractivity contribution in [3.63, 3.8) is 0 Å². The van der Waals surface area contributed by atoms with E-state index in [4.69, 9.17) is 28.2 Å². The zero-order valence-electron chi connectivity index (χ0n) is 20.5. The fourth-order valence-electron chi connectivity index (χ4n) is 4.48.